The Morgan fingerprint density at radius 3 is 1.96 bits per heavy atom. The maximum atomic E-state index is 13.4. The van der Waals surface area contributed by atoms with Gasteiger partial charge in [0, 0.05) is 46.0 Å². The molecule has 5 aromatic rings. The van der Waals surface area contributed by atoms with Crippen molar-refractivity contribution in [3.05, 3.63) is 114 Å². The van der Waals surface area contributed by atoms with Gasteiger partial charge in [-0.25, -0.2) is 8.96 Å². The average molecular weight is 367 g/mol. The van der Waals surface area contributed by atoms with Crippen molar-refractivity contribution in [1.82, 2.24) is 4.57 Å². The van der Waals surface area contributed by atoms with E-state index in [1.165, 1.54) is 33.4 Å². The summed E-state index contributed by atoms with van der Waals surface area (Å²) in [4.78, 5) is 0. The van der Waals surface area contributed by atoms with Crippen molar-refractivity contribution < 1.29 is 8.96 Å². The summed E-state index contributed by atoms with van der Waals surface area (Å²) in [6.45, 7) is 1.47. The molecular weight excluding hydrogens is 347 g/mol. The number of benzene rings is 3. The van der Waals surface area contributed by atoms with Crippen LogP contribution in [0.5, 0.6) is 0 Å². The number of aromatic nitrogens is 2. The molecule has 136 valence electrons. The van der Waals surface area contributed by atoms with Gasteiger partial charge >= 0.3 is 0 Å². The van der Waals surface area contributed by atoms with Crippen LogP contribution in [0.25, 0.3) is 21.8 Å². The lowest BCUT2D eigenvalue weighted by molar-refractivity contribution is -0.688. The maximum Gasteiger partial charge on any atom is 0.173 e. The molecule has 5 rings (SSSR count). The zero-order valence-corrected chi connectivity index (χ0v) is 15.4. The van der Waals surface area contributed by atoms with Gasteiger partial charge in [-0.1, -0.05) is 48.5 Å². The summed E-state index contributed by atoms with van der Waals surface area (Å²) >= 11 is 0. The standard InChI is InChI=1S/C25H20FN2/c26-21-7-5-6-20(16-21)17-27-14-12-19(13-15-27)18-28-24-10-3-1-8-22(24)23-9-2-4-11-25(23)28/h1-16H,17-18H2/q+1. The van der Waals surface area contributed by atoms with Gasteiger partial charge in [0.05, 0.1) is 0 Å². The van der Waals surface area contributed by atoms with E-state index in [-0.39, 0.29) is 5.82 Å². The Morgan fingerprint density at radius 1 is 0.679 bits per heavy atom. The van der Waals surface area contributed by atoms with Crippen molar-refractivity contribution in [3.8, 4) is 0 Å². The van der Waals surface area contributed by atoms with E-state index in [0.29, 0.717) is 6.54 Å². The van der Waals surface area contributed by atoms with E-state index >= 15 is 0 Å². The van der Waals surface area contributed by atoms with E-state index in [0.717, 1.165) is 12.1 Å². The van der Waals surface area contributed by atoms with Crippen LogP contribution in [0.15, 0.2) is 97.3 Å². The summed E-state index contributed by atoms with van der Waals surface area (Å²) in [5.74, 6) is -0.193. The lowest BCUT2D eigenvalue weighted by Crippen LogP contribution is -2.33. The Morgan fingerprint density at radius 2 is 1.32 bits per heavy atom. The highest BCUT2D eigenvalue weighted by molar-refractivity contribution is 6.08. The molecule has 0 atom stereocenters. The Kier molecular flexibility index (Phi) is 4.13. The quantitative estimate of drug-likeness (QED) is 0.380. The fourth-order valence-electron chi connectivity index (χ4n) is 3.90. The van der Waals surface area contributed by atoms with Crippen LogP contribution in [0.2, 0.25) is 0 Å². The van der Waals surface area contributed by atoms with Gasteiger partial charge in [0.1, 0.15) is 5.82 Å². The van der Waals surface area contributed by atoms with Gasteiger partial charge in [-0.05, 0) is 29.8 Å². The molecule has 0 aliphatic heterocycles. The normalized spacial score (nSPS) is 11.3. The van der Waals surface area contributed by atoms with E-state index in [1.54, 1.807) is 12.1 Å². The molecule has 28 heavy (non-hydrogen) atoms. The second kappa shape index (κ2) is 6.93. The van der Waals surface area contributed by atoms with Gasteiger partial charge in [-0.2, -0.15) is 0 Å². The number of para-hydroxylation sites is 2. The molecule has 0 radical (unpaired) electrons. The molecule has 0 amide bonds. The zero-order chi connectivity index (χ0) is 18.9. The van der Waals surface area contributed by atoms with Crippen LogP contribution in [0.4, 0.5) is 4.39 Å². The van der Waals surface area contributed by atoms with Crippen molar-refractivity contribution in [1.29, 1.82) is 0 Å². The molecule has 0 aliphatic rings. The molecule has 0 saturated heterocycles. The molecule has 0 unspecified atom stereocenters. The van der Waals surface area contributed by atoms with Crippen LogP contribution < -0.4 is 4.57 Å². The van der Waals surface area contributed by atoms with E-state index in [9.17, 15) is 4.39 Å². The summed E-state index contributed by atoms with van der Waals surface area (Å²) in [6.07, 6.45) is 4.13. The Labute approximate surface area is 163 Å². The van der Waals surface area contributed by atoms with Crippen molar-refractivity contribution >= 4 is 21.8 Å². The van der Waals surface area contributed by atoms with Crippen LogP contribution >= 0.6 is 0 Å². The third-order valence-electron chi connectivity index (χ3n) is 5.23. The summed E-state index contributed by atoms with van der Waals surface area (Å²) in [6, 6.07) is 28.2. The largest absolute Gasteiger partial charge is 0.336 e. The molecule has 2 aromatic heterocycles. The Balaban J connectivity index is 1.46. The van der Waals surface area contributed by atoms with Crippen LogP contribution in [0.3, 0.4) is 0 Å². The molecule has 0 fully saturated rings. The first-order chi connectivity index (χ1) is 13.8. The average Bonchev–Trinajstić information content (AvgIpc) is 3.04. The van der Waals surface area contributed by atoms with E-state index in [2.05, 4.69) is 82.2 Å². The lowest BCUT2D eigenvalue weighted by Gasteiger charge is -2.07. The highest BCUT2D eigenvalue weighted by Gasteiger charge is 2.11. The molecule has 0 N–H and O–H groups in total. The SMILES string of the molecule is Fc1cccc(C[n+]2ccc(Cn3c4ccccc4c4ccccc43)cc2)c1. The number of pyridine rings is 1. The van der Waals surface area contributed by atoms with Crippen molar-refractivity contribution in [2.75, 3.05) is 0 Å². The van der Waals surface area contributed by atoms with Crippen LogP contribution in [0, 0.1) is 5.82 Å². The third-order valence-corrected chi connectivity index (χ3v) is 5.23. The van der Waals surface area contributed by atoms with Crippen molar-refractivity contribution in [2.45, 2.75) is 13.1 Å². The minimum atomic E-state index is -0.193. The lowest BCUT2D eigenvalue weighted by atomic mass is 10.2. The highest BCUT2D eigenvalue weighted by atomic mass is 19.1. The molecule has 0 bridgehead atoms. The fraction of sp³-hybridized carbons (Fsp3) is 0.0800. The van der Waals surface area contributed by atoms with Gasteiger partial charge in [0.25, 0.3) is 0 Å². The smallest absolute Gasteiger partial charge is 0.173 e. The molecule has 0 spiro atoms. The van der Waals surface area contributed by atoms with Gasteiger partial charge in [0.2, 0.25) is 0 Å². The minimum Gasteiger partial charge on any atom is -0.336 e. The maximum absolute atomic E-state index is 13.4. The summed E-state index contributed by atoms with van der Waals surface area (Å²) in [5.41, 5.74) is 4.70. The first kappa shape index (κ1) is 16.7. The summed E-state index contributed by atoms with van der Waals surface area (Å²) in [5, 5.41) is 2.57. The highest BCUT2D eigenvalue weighted by Crippen LogP contribution is 2.29. The summed E-state index contributed by atoms with van der Waals surface area (Å²) in [7, 11) is 0. The van der Waals surface area contributed by atoms with E-state index in [1.807, 2.05) is 6.07 Å². The number of hydrogen-bond donors (Lipinski definition) is 0. The van der Waals surface area contributed by atoms with Gasteiger partial charge < -0.3 is 4.57 Å². The van der Waals surface area contributed by atoms with E-state index < -0.39 is 0 Å². The second-order valence-corrected chi connectivity index (χ2v) is 7.13. The first-order valence-electron chi connectivity index (χ1n) is 9.46. The number of halogens is 1. The molecule has 2 heterocycles. The molecular formula is C25H20FN2+. The molecule has 2 nitrogen and oxygen atoms in total. The van der Waals surface area contributed by atoms with Crippen LogP contribution in [-0.4, -0.2) is 4.57 Å². The van der Waals surface area contributed by atoms with Crippen LogP contribution in [0.1, 0.15) is 11.1 Å². The zero-order valence-electron chi connectivity index (χ0n) is 15.4. The molecule has 3 aromatic carbocycles. The monoisotopic (exact) mass is 367 g/mol. The van der Waals surface area contributed by atoms with Gasteiger partial charge in [-0.3, -0.25) is 0 Å². The predicted molar refractivity (Wildman–Crippen MR) is 111 cm³/mol. The van der Waals surface area contributed by atoms with Crippen LogP contribution in [-0.2, 0) is 13.1 Å². The third kappa shape index (κ3) is 3.05. The fourth-order valence-corrected chi connectivity index (χ4v) is 3.90. The Bertz CT molecular complexity index is 1220. The minimum absolute atomic E-state index is 0.193. The number of fused-ring (bicyclic) bond motifs is 3. The second-order valence-electron chi connectivity index (χ2n) is 7.13. The first-order valence-corrected chi connectivity index (χ1v) is 9.46. The van der Waals surface area contributed by atoms with Crippen molar-refractivity contribution in [2.24, 2.45) is 0 Å². The topological polar surface area (TPSA) is 8.81 Å². The van der Waals surface area contributed by atoms with Crippen molar-refractivity contribution in [3.63, 3.8) is 0 Å². The summed E-state index contributed by atoms with van der Waals surface area (Å²) < 4.78 is 17.8. The molecule has 3 heteroatoms. The van der Waals surface area contributed by atoms with E-state index in [4.69, 9.17) is 0 Å². The molecule has 0 saturated carbocycles. The van der Waals surface area contributed by atoms with Gasteiger partial charge in [0.15, 0.2) is 18.9 Å². The van der Waals surface area contributed by atoms with Gasteiger partial charge in [-0.15, -0.1) is 0 Å². The number of nitrogens with zero attached hydrogens (tertiary/aromatic N) is 2. The predicted octanol–water partition coefficient (Wildman–Crippen LogP) is 5.32. The number of hydrogen-bond acceptors (Lipinski definition) is 0. The molecule has 0 aliphatic carbocycles. The number of rotatable bonds is 4. The Hall–Kier alpha value is -3.46.